The van der Waals surface area contributed by atoms with Gasteiger partial charge in [-0.15, -0.1) is 0 Å². The van der Waals surface area contributed by atoms with Crippen LogP contribution in [-0.2, 0) is 6.54 Å². The number of likely N-dealkylation sites (N-methyl/N-ethyl adjacent to an activating group) is 1. The third-order valence-corrected chi connectivity index (χ3v) is 2.12. The van der Waals surface area contributed by atoms with E-state index in [-0.39, 0.29) is 6.61 Å². The van der Waals surface area contributed by atoms with Gasteiger partial charge in [0.2, 0.25) is 0 Å². The standard InChI is InChI=1S/C9H13ClN2O/c1-12(4-5-13)7-8-2-3-11-6-9(8)10/h2-3,6,13H,4-5,7H2,1H3. The fraction of sp³-hybridized carbons (Fsp3) is 0.444. The van der Waals surface area contributed by atoms with E-state index in [1.54, 1.807) is 12.4 Å². The van der Waals surface area contributed by atoms with Crippen molar-refractivity contribution in [1.29, 1.82) is 0 Å². The molecule has 1 rings (SSSR count). The lowest BCUT2D eigenvalue weighted by atomic mass is 10.2. The van der Waals surface area contributed by atoms with Gasteiger partial charge in [-0.1, -0.05) is 11.6 Å². The van der Waals surface area contributed by atoms with Crippen LogP contribution < -0.4 is 0 Å². The molecule has 0 spiro atoms. The molecule has 0 amide bonds. The minimum Gasteiger partial charge on any atom is -0.395 e. The van der Waals surface area contributed by atoms with E-state index in [4.69, 9.17) is 16.7 Å². The molecule has 0 radical (unpaired) electrons. The Morgan fingerprint density at radius 2 is 2.38 bits per heavy atom. The summed E-state index contributed by atoms with van der Waals surface area (Å²) in [7, 11) is 1.94. The molecule has 0 atom stereocenters. The van der Waals surface area contributed by atoms with E-state index in [0.29, 0.717) is 11.6 Å². The number of pyridine rings is 1. The van der Waals surface area contributed by atoms with Gasteiger partial charge in [0.1, 0.15) is 0 Å². The molecule has 0 aliphatic carbocycles. The van der Waals surface area contributed by atoms with E-state index in [0.717, 1.165) is 12.1 Å². The van der Waals surface area contributed by atoms with Crippen LogP contribution in [0.15, 0.2) is 18.5 Å². The van der Waals surface area contributed by atoms with Crippen molar-refractivity contribution >= 4 is 11.6 Å². The highest BCUT2D eigenvalue weighted by Gasteiger charge is 2.02. The van der Waals surface area contributed by atoms with Crippen LogP contribution in [0.1, 0.15) is 5.56 Å². The maximum Gasteiger partial charge on any atom is 0.0634 e. The Hall–Kier alpha value is -0.640. The number of aliphatic hydroxyl groups is 1. The largest absolute Gasteiger partial charge is 0.395 e. The molecule has 0 saturated heterocycles. The first-order valence-corrected chi connectivity index (χ1v) is 4.49. The number of halogens is 1. The van der Waals surface area contributed by atoms with E-state index in [2.05, 4.69) is 4.98 Å². The van der Waals surface area contributed by atoms with Crippen molar-refractivity contribution < 1.29 is 5.11 Å². The maximum atomic E-state index is 8.70. The molecule has 1 aromatic heterocycles. The van der Waals surface area contributed by atoms with Gasteiger partial charge in [-0.2, -0.15) is 0 Å². The van der Waals surface area contributed by atoms with Gasteiger partial charge >= 0.3 is 0 Å². The molecular formula is C9H13ClN2O. The Balaban J connectivity index is 2.58. The van der Waals surface area contributed by atoms with Crippen LogP contribution in [0.2, 0.25) is 5.02 Å². The van der Waals surface area contributed by atoms with E-state index >= 15 is 0 Å². The van der Waals surface area contributed by atoms with Gasteiger partial charge in [0, 0.05) is 25.5 Å². The monoisotopic (exact) mass is 200 g/mol. The molecule has 1 N–H and O–H groups in total. The molecule has 0 unspecified atom stereocenters. The minimum atomic E-state index is 0.166. The second kappa shape index (κ2) is 5.17. The van der Waals surface area contributed by atoms with Crippen molar-refractivity contribution in [3.8, 4) is 0 Å². The summed E-state index contributed by atoms with van der Waals surface area (Å²) in [5, 5.41) is 9.37. The lowest BCUT2D eigenvalue weighted by Crippen LogP contribution is -2.21. The Labute approximate surface area is 83.0 Å². The average molecular weight is 201 g/mol. The van der Waals surface area contributed by atoms with E-state index in [9.17, 15) is 0 Å². The van der Waals surface area contributed by atoms with Crippen molar-refractivity contribution in [3.63, 3.8) is 0 Å². The van der Waals surface area contributed by atoms with Crippen molar-refractivity contribution in [3.05, 3.63) is 29.0 Å². The molecular weight excluding hydrogens is 188 g/mol. The first-order chi connectivity index (χ1) is 6.24. The molecule has 3 nitrogen and oxygen atoms in total. The van der Waals surface area contributed by atoms with Crippen molar-refractivity contribution in [2.45, 2.75) is 6.54 Å². The molecule has 0 aliphatic rings. The molecule has 0 fully saturated rings. The zero-order valence-corrected chi connectivity index (χ0v) is 8.33. The smallest absolute Gasteiger partial charge is 0.0634 e. The first kappa shape index (κ1) is 10.4. The lowest BCUT2D eigenvalue weighted by molar-refractivity contribution is 0.217. The molecule has 0 aromatic carbocycles. The van der Waals surface area contributed by atoms with Crippen LogP contribution in [0.5, 0.6) is 0 Å². The summed E-state index contributed by atoms with van der Waals surface area (Å²) < 4.78 is 0. The van der Waals surface area contributed by atoms with Crippen LogP contribution in [-0.4, -0.2) is 35.2 Å². The van der Waals surface area contributed by atoms with Crippen LogP contribution in [0.25, 0.3) is 0 Å². The van der Waals surface area contributed by atoms with Gasteiger partial charge in [-0.3, -0.25) is 9.88 Å². The Morgan fingerprint density at radius 3 is 3.00 bits per heavy atom. The molecule has 0 saturated carbocycles. The van der Waals surface area contributed by atoms with Gasteiger partial charge < -0.3 is 5.11 Å². The number of hydrogen-bond acceptors (Lipinski definition) is 3. The fourth-order valence-corrected chi connectivity index (χ4v) is 1.25. The van der Waals surface area contributed by atoms with Gasteiger partial charge in [0.15, 0.2) is 0 Å². The van der Waals surface area contributed by atoms with Crippen LogP contribution in [0, 0.1) is 0 Å². The summed E-state index contributed by atoms with van der Waals surface area (Å²) in [6.07, 6.45) is 3.34. The summed E-state index contributed by atoms with van der Waals surface area (Å²) in [5.41, 5.74) is 1.03. The zero-order chi connectivity index (χ0) is 9.68. The molecule has 72 valence electrons. The fourth-order valence-electron chi connectivity index (χ4n) is 1.07. The van der Waals surface area contributed by atoms with Crippen LogP contribution in [0.3, 0.4) is 0 Å². The van der Waals surface area contributed by atoms with E-state index in [1.807, 2.05) is 18.0 Å². The summed E-state index contributed by atoms with van der Waals surface area (Å²) in [5.74, 6) is 0. The highest BCUT2D eigenvalue weighted by atomic mass is 35.5. The van der Waals surface area contributed by atoms with Gasteiger partial charge in [0.25, 0.3) is 0 Å². The second-order valence-electron chi connectivity index (χ2n) is 2.93. The Kier molecular flexibility index (Phi) is 4.15. The van der Waals surface area contributed by atoms with E-state index < -0.39 is 0 Å². The average Bonchev–Trinajstić information content (AvgIpc) is 2.09. The second-order valence-corrected chi connectivity index (χ2v) is 3.34. The van der Waals surface area contributed by atoms with Gasteiger partial charge in [-0.05, 0) is 18.7 Å². The normalized spacial score (nSPS) is 10.8. The maximum absolute atomic E-state index is 8.70. The third-order valence-electron chi connectivity index (χ3n) is 1.78. The summed E-state index contributed by atoms with van der Waals surface area (Å²) >= 11 is 5.92. The third kappa shape index (κ3) is 3.30. The Bertz CT molecular complexity index is 268. The number of rotatable bonds is 4. The summed E-state index contributed by atoms with van der Waals surface area (Å²) in [4.78, 5) is 5.90. The summed E-state index contributed by atoms with van der Waals surface area (Å²) in [6.45, 7) is 1.56. The number of aliphatic hydroxyl groups excluding tert-OH is 1. The number of aromatic nitrogens is 1. The van der Waals surface area contributed by atoms with E-state index in [1.165, 1.54) is 0 Å². The van der Waals surface area contributed by atoms with Crippen LogP contribution in [0.4, 0.5) is 0 Å². The molecule has 13 heavy (non-hydrogen) atoms. The van der Waals surface area contributed by atoms with Crippen molar-refractivity contribution in [2.75, 3.05) is 20.2 Å². The predicted octanol–water partition coefficient (Wildman–Crippen LogP) is 1.16. The molecule has 1 aromatic rings. The topological polar surface area (TPSA) is 36.4 Å². The lowest BCUT2D eigenvalue weighted by Gasteiger charge is -2.15. The van der Waals surface area contributed by atoms with Crippen LogP contribution >= 0.6 is 11.6 Å². The predicted molar refractivity (Wildman–Crippen MR) is 52.7 cm³/mol. The SMILES string of the molecule is CN(CCO)Cc1ccncc1Cl. The highest BCUT2D eigenvalue weighted by molar-refractivity contribution is 6.31. The molecule has 0 aliphatic heterocycles. The number of nitrogens with zero attached hydrogens (tertiary/aromatic N) is 2. The van der Waals surface area contributed by atoms with Crippen molar-refractivity contribution in [2.24, 2.45) is 0 Å². The first-order valence-electron chi connectivity index (χ1n) is 4.12. The van der Waals surface area contributed by atoms with Crippen molar-refractivity contribution in [1.82, 2.24) is 9.88 Å². The molecule has 4 heteroatoms. The zero-order valence-electron chi connectivity index (χ0n) is 7.57. The summed E-state index contributed by atoms with van der Waals surface area (Å²) in [6, 6.07) is 1.89. The molecule has 1 heterocycles. The minimum absolute atomic E-state index is 0.166. The molecule has 0 bridgehead atoms. The Morgan fingerprint density at radius 1 is 1.62 bits per heavy atom. The van der Waals surface area contributed by atoms with Gasteiger partial charge in [-0.25, -0.2) is 0 Å². The highest BCUT2D eigenvalue weighted by Crippen LogP contribution is 2.14. The quantitative estimate of drug-likeness (QED) is 0.793. The van der Waals surface area contributed by atoms with Gasteiger partial charge in [0.05, 0.1) is 11.6 Å². The number of hydrogen-bond donors (Lipinski definition) is 1.